The Kier molecular flexibility index (Phi) is 5.40. The van der Waals surface area contributed by atoms with Crippen LogP contribution in [0.15, 0.2) is 60.6 Å². The number of ether oxygens (including phenoxy) is 3. The topological polar surface area (TPSA) is 70.5 Å². The summed E-state index contributed by atoms with van der Waals surface area (Å²) in [6, 6.07) is 11.1. The molecule has 0 bridgehead atoms. The van der Waals surface area contributed by atoms with Crippen molar-refractivity contribution in [3.05, 3.63) is 72.0 Å². The van der Waals surface area contributed by atoms with Gasteiger partial charge in [0.15, 0.2) is 0 Å². The first-order valence-corrected chi connectivity index (χ1v) is 8.17. The molecule has 0 radical (unpaired) electrons. The molecule has 0 unspecified atom stereocenters. The third-order valence-electron chi connectivity index (χ3n) is 3.51. The van der Waals surface area contributed by atoms with Crippen molar-refractivity contribution >= 4 is 5.97 Å². The zero-order chi connectivity index (χ0) is 17.6. The predicted octanol–water partition coefficient (Wildman–Crippen LogP) is 3.49. The second-order valence-electron chi connectivity index (χ2n) is 5.88. The zero-order valence-corrected chi connectivity index (χ0v) is 14.2. The van der Waals surface area contributed by atoms with Crippen molar-refractivity contribution in [1.29, 1.82) is 0 Å². The van der Waals surface area contributed by atoms with E-state index in [-0.39, 0.29) is 12.2 Å². The number of aromatic nitrogens is 2. The third kappa shape index (κ3) is 4.64. The summed E-state index contributed by atoms with van der Waals surface area (Å²) in [5, 5.41) is 0. The molecule has 1 saturated heterocycles. The molecule has 0 amide bonds. The van der Waals surface area contributed by atoms with Crippen LogP contribution in [0.3, 0.4) is 0 Å². The van der Waals surface area contributed by atoms with Gasteiger partial charge in [-0.15, -0.1) is 0 Å². The molecule has 25 heavy (non-hydrogen) atoms. The molecular formula is C19H20N2O4. The van der Waals surface area contributed by atoms with Gasteiger partial charge in [0.2, 0.25) is 6.29 Å². The Bertz CT molecular complexity index is 682. The molecule has 0 saturated carbocycles. The molecule has 0 spiro atoms. The number of carbonyl (C=O) groups excluding carboxylic acids is 1. The molecule has 1 aliphatic heterocycles. The van der Waals surface area contributed by atoms with Crippen LogP contribution in [0.25, 0.3) is 0 Å². The summed E-state index contributed by atoms with van der Waals surface area (Å²) in [7, 11) is 0. The highest BCUT2D eigenvalue weighted by Gasteiger charge is 2.31. The third-order valence-corrected chi connectivity index (χ3v) is 3.51. The summed E-state index contributed by atoms with van der Waals surface area (Å²) in [5.41, 5.74) is 1.40. The van der Waals surface area contributed by atoms with Gasteiger partial charge in [0.05, 0.1) is 17.9 Å². The lowest BCUT2D eigenvalue weighted by molar-refractivity contribution is -0.194. The minimum Gasteiger partial charge on any atom is -0.463 e. The van der Waals surface area contributed by atoms with Crippen molar-refractivity contribution in [3.8, 4) is 0 Å². The lowest BCUT2D eigenvalue weighted by atomic mass is 10.1. The highest BCUT2D eigenvalue weighted by atomic mass is 16.7. The molecule has 130 valence electrons. The first-order valence-electron chi connectivity index (χ1n) is 8.17. The van der Waals surface area contributed by atoms with E-state index in [9.17, 15) is 4.79 Å². The highest BCUT2D eigenvalue weighted by molar-refractivity contribution is 5.82. The monoisotopic (exact) mass is 340 g/mol. The highest BCUT2D eigenvalue weighted by Crippen LogP contribution is 2.38. The van der Waals surface area contributed by atoms with E-state index in [0.29, 0.717) is 17.9 Å². The molecule has 3 rings (SSSR count). The molecule has 2 atom stereocenters. The first kappa shape index (κ1) is 17.1. The smallest absolute Gasteiger partial charge is 0.334 e. The molecule has 3 heterocycles. The van der Waals surface area contributed by atoms with Crippen molar-refractivity contribution in [3.63, 3.8) is 0 Å². The van der Waals surface area contributed by atoms with Crippen LogP contribution in [0.5, 0.6) is 0 Å². The average Bonchev–Trinajstić information content (AvgIpc) is 2.62. The van der Waals surface area contributed by atoms with Crippen LogP contribution in [0.2, 0.25) is 0 Å². The molecule has 0 N–H and O–H groups in total. The van der Waals surface area contributed by atoms with Gasteiger partial charge < -0.3 is 14.2 Å². The van der Waals surface area contributed by atoms with E-state index in [0.717, 1.165) is 5.69 Å². The number of esters is 1. The van der Waals surface area contributed by atoms with Crippen LogP contribution in [0.4, 0.5) is 0 Å². The fourth-order valence-corrected chi connectivity index (χ4v) is 2.47. The molecule has 2 aromatic heterocycles. The predicted molar refractivity (Wildman–Crippen MR) is 90.1 cm³/mol. The molecule has 0 aromatic carbocycles. The molecular weight excluding hydrogens is 320 g/mol. The van der Waals surface area contributed by atoms with Crippen molar-refractivity contribution in [1.82, 2.24) is 9.97 Å². The minimum absolute atomic E-state index is 0.192. The lowest BCUT2D eigenvalue weighted by Gasteiger charge is -2.31. The number of carbonyl (C=O) groups is 1. The molecule has 0 aliphatic carbocycles. The summed E-state index contributed by atoms with van der Waals surface area (Å²) in [6.45, 7) is 3.60. The molecule has 2 aromatic rings. The van der Waals surface area contributed by atoms with Gasteiger partial charge in [-0.1, -0.05) is 12.1 Å². The zero-order valence-electron chi connectivity index (χ0n) is 14.2. The Morgan fingerprint density at radius 2 is 1.84 bits per heavy atom. The number of rotatable bonds is 4. The van der Waals surface area contributed by atoms with Crippen LogP contribution in [0, 0.1) is 0 Å². The second-order valence-corrected chi connectivity index (χ2v) is 5.88. The van der Waals surface area contributed by atoms with E-state index < -0.39 is 12.3 Å². The van der Waals surface area contributed by atoms with Crippen molar-refractivity contribution < 1.29 is 19.0 Å². The summed E-state index contributed by atoms with van der Waals surface area (Å²) in [5.74, 6) is 0.0506. The fourth-order valence-electron chi connectivity index (χ4n) is 2.47. The van der Waals surface area contributed by atoms with Gasteiger partial charge in [-0.25, -0.2) is 4.79 Å². The Morgan fingerprint density at radius 3 is 2.44 bits per heavy atom. The van der Waals surface area contributed by atoms with Crippen LogP contribution in [0.1, 0.15) is 44.1 Å². The SMILES string of the molecule is CC(C)OC(=O)C=C1C[C@@H](c2ccccn2)O[C@@H](c2ccccn2)O1. The normalized spacial score (nSPS) is 21.8. The molecule has 6 nitrogen and oxygen atoms in total. The maximum absolute atomic E-state index is 12.0. The number of pyridine rings is 2. The van der Waals surface area contributed by atoms with Crippen LogP contribution < -0.4 is 0 Å². The molecule has 6 heteroatoms. The average molecular weight is 340 g/mol. The maximum atomic E-state index is 12.0. The van der Waals surface area contributed by atoms with E-state index in [2.05, 4.69) is 9.97 Å². The van der Waals surface area contributed by atoms with E-state index in [1.54, 1.807) is 26.2 Å². The van der Waals surface area contributed by atoms with Gasteiger partial charge in [0.1, 0.15) is 17.6 Å². The van der Waals surface area contributed by atoms with Gasteiger partial charge in [-0.05, 0) is 38.1 Å². The van der Waals surface area contributed by atoms with Gasteiger partial charge in [-0.3, -0.25) is 9.97 Å². The number of nitrogens with zero attached hydrogens (tertiary/aromatic N) is 2. The van der Waals surface area contributed by atoms with Gasteiger partial charge >= 0.3 is 5.97 Å². The maximum Gasteiger partial charge on any atom is 0.334 e. The van der Waals surface area contributed by atoms with Gasteiger partial charge in [0, 0.05) is 18.8 Å². The van der Waals surface area contributed by atoms with E-state index in [1.165, 1.54) is 6.08 Å². The Labute approximate surface area is 146 Å². The minimum atomic E-state index is -0.708. The Morgan fingerprint density at radius 1 is 1.16 bits per heavy atom. The Hall–Kier alpha value is -2.73. The fraction of sp³-hybridized carbons (Fsp3) is 0.316. The molecule has 1 fully saturated rings. The van der Waals surface area contributed by atoms with E-state index in [1.807, 2.05) is 36.4 Å². The summed E-state index contributed by atoms with van der Waals surface area (Å²) < 4.78 is 17.0. The van der Waals surface area contributed by atoms with E-state index >= 15 is 0 Å². The van der Waals surface area contributed by atoms with Crippen molar-refractivity contribution in [2.24, 2.45) is 0 Å². The van der Waals surface area contributed by atoms with Crippen LogP contribution >= 0.6 is 0 Å². The van der Waals surface area contributed by atoms with Crippen molar-refractivity contribution in [2.75, 3.05) is 0 Å². The number of hydrogen-bond acceptors (Lipinski definition) is 6. The summed E-state index contributed by atoms with van der Waals surface area (Å²) in [6.07, 6.45) is 3.91. The molecule has 1 aliphatic rings. The summed E-state index contributed by atoms with van der Waals surface area (Å²) in [4.78, 5) is 20.6. The first-order chi connectivity index (χ1) is 12.1. The van der Waals surface area contributed by atoms with Crippen LogP contribution in [-0.4, -0.2) is 22.0 Å². The lowest BCUT2D eigenvalue weighted by Crippen LogP contribution is -2.23. The number of hydrogen-bond donors (Lipinski definition) is 0. The van der Waals surface area contributed by atoms with Crippen molar-refractivity contribution in [2.45, 2.75) is 38.8 Å². The Balaban J connectivity index is 1.86. The second kappa shape index (κ2) is 7.90. The van der Waals surface area contributed by atoms with Gasteiger partial charge in [0.25, 0.3) is 0 Å². The van der Waals surface area contributed by atoms with Crippen LogP contribution in [-0.2, 0) is 19.0 Å². The summed E-state index contributed by atoms with van der Waals surface area (Å²) >= 11 is 0. The largest absolute Gasteiger partial charge is 0.463 e. The van der Waals surface area contributed by atoms with Gasteiger partial charge in [-0.2, -0.15) is 0 Å². The quantitative estimate of drug-likeness (QED) is 0.627. The standard InChI is InChI=1S/C19H20N2O4/c1-13(2)23-18(22)12-14-11-17(15-7-3-5-9-20-15)25-19(24-14)16-8-4-6-10-21-16/h3-10,12-13,17,19H,11H2,1-2H3/t17-,19-/m0/s1. The van der Waals surface area contributed by atoms with E-state index in [4.69, 9.17) is 14.2 Å².